The van der Waals surface area contributed by atoms with Gasteiger partial charge in [-0.2, -0.15) is 5.10 Å². The molecule has 2 heterocycles. The van der Waals surface area contributed by atoms with Crippen LogP contribution in [-0.2, 0) is 11.3 Å². The normalized spacial score (nSPS) is 13.9. The summed E-state index contributed by atoms with van der Waals surface area (Å²) in [7, 11) is 0. The Morgan fingerprint density at radius 3 is 2.79 bits per heavy atom. The summed E-state index contributed by atoms with van der Waals surface area (Å²) in [6, 6.07) is 8.49. The van der Waals surface area contributed by atoms with Crippen LogP contribution in [0.5, 0.6) is 0 Å². The number of H-pyrrole nitrogens is 1. The fraction of sp³-hybridized carbons (Fsp3) is 0.294. The van der Waals surface area contributed by atoms with Crippen molar-refractivity contribution in [3.8, 4) is 0 Å². The van der Waals surface area contributed by atoms with Gasteiger partial charge in [0.2, 0.25) is 5.91 Å². The second-order valence-corrected chi connectivity index (χ2v) is 6.05. The minimum atomic E-state index is 0.142. The van der Waals surface area contributed by atoms with Crippen LogP contribution in [0.1, 0.15) is 25.3 Å². The molecule has 3 aromatic rings. The standard InChI is InChI=1S/C17H18N6O/c1-11(24)23(14-6-7-14)9-12-2-4-13(5-3-12)21-16-15-8-20-22-17(15)19-10-18-16/h2-5,8,10,14H,6-7,9H2,1H3,(H2,18,19,20,21,22). The summed E-state index contributed by atoms with van der Waals surface area (Å²) < 4.78 is 0. The van der Waals surface area contributed by atoms with E-state index in [0.29, 0.717) is 24.1 Å². The highest BCUT2D eigenvalue weighted by Crippen LogP contribution is 2.29. The van der Waals surface area contributed by atoms with Gasteiger partial charge in [0, 0.05) is 25.2 Å². The van der Waals surface area contributed by atoms with E-state index in [1.54, 1.807) is 13.1 Å². The summed E-state index contributed by atoms with van der Waals surface area (Å²) in [6.45, 7) is 2.30. The second kappa shape index (κ2) is 5.92. The molecule has 1 fully saturated rings. The van der Waals surface area contributed by atoms with Gasteiger partial charge in [0.15, 0.2) is 5.65 Å². The van der Waals surface area contributed by atoms with Crippen molar-refractivity contribution in [3.05, 3.63) is 42.4 Å². The first kappa shape index (κ1) is 14.6. The third-order valence-electron chi connectivity index (χ3n) is 4.21. The molecule has 1 aliphatic rings. The fourth-order valence-electron chi connectivity index (χ4n) is 2.78. The number of anilines is 2. The first-order valence-corrected chi connectivity index (χ1v) is 7.98. The zero-order chi connectivity index (χ0) is 16.5. The van der Waals surface area contributed by atoms with Crippen LogP contribution >= 0.6 is 0 Å². The minimum absolute atomic E-state index is 0.142. The minimum Gasteiger partial charge on any atom is -0.340 e. The summed E-state index contributed by atoms with van der Waals surface area (Å²) in [6.07, 6.45) is 5.44. The molecule has 0 saturated heterocycles. The van der Waals surface area contributed by atoms with Crippen LogP contribution in [0.3, 0.4) is 0 Å². The molecular formula is C17H18N6O. The van der Waals surface area contributed by atoms with Crippen molar-refractivity contribution in [1.82, 2.24) is 25.1 Å². The van der Waals surface area contributed by atoms with Gasteiger partial charge in [-0.1, -0.05) is 12.1 Å². The Kier molecular flexibility index (Phi) is 3.60. The van der Waals surface area contributed by atoms with E-state index in [9.17, 15) is 4.79 Å². The van der Waals surface area contributed by atoms with Crippen molar-refractivity contribution in [2.75, 3.05) is 5.32 Å². The lowest BCUT2D eigenvalue weighted by Gasteiger charge is -2.20. The predicted octanol–water partition coefficient (Wildman–Crippen LogP) is 2.61. The third kappa shape index (κ3) is 2.92. The van der Waals surface area contributed by atoms with E-state index in [1.807, 2.05) is 29.2 Å². The molecule has 0 radical (unpaired) electrons. The Bertz CT molecular complexity index is 868. The summed E-state index contributed by atoms with van der Waals surface area (Å²) >= 11 is 0. The van der Waals surface area contributed by atoms with E-state index in [-0.39, 0.29) is 5.91 Å². The molecule has 2 N–H and O–H groups in total. The number of carbonyl (C=O) groups excluding carboxylic acids is 1. The van der Waals surface area contributed by atoms with E-state index in [4.69, 9.17) is 0 Å². The number of amides is 1. The molecule has 1 aliphatic carbocycles. The van der Waals surface area contributed by atoms with Gasteiger partial charge < -0.3 is 10.2 Å². The molecular weight excluding hydrogens is 304 g/mol. The zero-order valence-electron chi connectivity index (χ0n) is 13.4. The highest BCUT2D eigenvalue weighted by atomic mass is 16.2. The topological polar surface area (TPSA) is 86.8 Å². The molecule has 1 aromatic carbocycles. The number of aromatic nitrogens is 4. The summed E-state index contributed by atoms with van der Waals surface area (Å²) in [5, 5.41) is 10.9. The van der Waals surface area contributed by atoms with Crippen LogP contribution in [0, 0.1) is 0 Å². The average Bonchev–Trinajstić information content (AvgIpc) is 3.30. The van der Waals surface area contributed by atoms with Crippen molar-refractivity contribution >= 4 is 28.4 Å². The number of benzene rings is 1. The molecule has 122 valence electrons. The van der Waals surface area contributed by atoms with Crippen LogP contribution in [0.25, 0.3) is 11.0 Å². The van der Waals surface area contributed by atoms with Gasteiger partial charge in [0.05, 0.1) is 11.6 Å². The van der Waals surface area contributed by atoms with Crippen molar-refractivity contribution in [3.63, 3.8) is 0 Å². The molecule has 0 bridgehead atoms. The summed E-state index contributed by atoms with van der Waals surface area (Å²) in [5.74, 6) is 0.855. The van der Waals surface area contributed by atoms with E-state index >= 15 is 0 Å². The molecule has 1 amide bonds. The van der Waals surface area contributed by atoms with Crippen LogP contribution in [-0.4, -0.2) is 37.0 Å². The van der Waals surface area contributed by atoms with Gasteiger partial charge in [-0.25, -0.2) is 9.97 Å². The molecule has 24 heavy (non-hydrogen) atoms. The number of nitrogens with zero attached hydrogens (tertiary/aromatic N) is 4. The Labute approximate surface area is 139 Å². The Morgan fingerprint density at radius 2 is 2.08 bits per heavy atom. The molecule has 2 aromatic heterocycles. The lowest BCUT2D eigenvalue weighted by atomic mass is 10.2. The lowest BCUT2D eigenvalue weighted by Crippen LogP contribution is -2.30. The van der Waals surface area contributed by atoms with Gasteiger partial charge in [0.1, 0.15) is 12.1 Å². The number of rotatable bonds is 5. The maximum absolute atomic E-state index is 11.7. The predicted molar refractivity (Wildman–Crippen MR) is 90.7 cm³/mol. The highest BCUT2D eigenvalue weighted by Gasteiger charge is 2.30. The smallest absolute Gasteiger partial charge is 0.219 e. The number of hydrogen-bond acceptors (Lipinski definition) is 5. The number of fused-ring (bicyclic) bond motifs is 1. The summed E-state index contributed by atoms with van der Waals surface area (Å²) in [4.78, 5) is 22.1. The van der Waals surface area contributed by atoms with Gasteiger partial charge >= 0.3 is 0 Å². The first-order valence-electron chi connectivity index (χ1n) is 7.98. The number of hydrogen-bond donors (Lipinski definition) is 2. The zero-order valence-corrected chi connectivity index (χ0v) is 13.4. The quantitative estimate of drug-likeness (QED) is 0.754. The molecule has 7 nitrogen and oxygen atoms in total. The molecule has 1 saturated carbocycles. The molecule has 4 rings (SSSR count). The largest absolute Gasteiger partial charge is 0.340 e. The third-order valence-corrected chi connectivity index (χ3v) is 4.21. The van der Waals surface area contributed by atoms with Crippen LogP contribution in [0.15, 0.2) is 36.8 Å². The van der Waals surface area contributed by atoms with Crippen LogP contribution in [0.4, 0.5) is 11.5 Å². The van der Waals surface area contributed by atoms with E-state index < -0.39 is 0 Å². The van der Waals surface area contributed by atoms with Crippen LogP contribution < -0.4 is 5.32 Å². The SMILES string of the molecule is CC(=O)N(Cc1ccc(Nc2ncnc3[nH]ncc23)cc1)C1CC1. The maximum Gasteiger partial charge on any atom is 0.219 e. The van der Waals surface area contributed by atoms with Gasteiger partial charge in [0.25, 0.3) is 0 Å². The van der Waals surface area contributed by atoms with Gasteiger partial charge in [-0.05, 0) is 30.5 Å². The molecule has 7 heteroatoms. The number of nitrogens with one attached hydrogen (secondary N) is 2. The van der Waals surface area contributed by atoms with Crippen molar-refractivity contribution < 1.29 is 4.79 Å². The number of aromatic amines is 1. The maximum atomic E-state index is 11.7. The molecule has 0 spiro atoms. The molecule has 0 unspecified atom stereocenters. The van der Waals surface area contributed by atoms with Crippen molar-refractivity contribution in [2.24, 2.45) is 0 Å². The van der Waals surface area contributed by atoms with E-state index in [0.717, 1.165) is 29.5 Å². The molecule has 0 aliphatic heterocycles. The average molecular weight is 322 g/mol. The Morgan fingerprint density at radius 1 is 1.29 bits per heavy atom. The van der Waals surface area contributed by atoms with Gasteiger partial charge in [-0.15, -0.1) is 0 Å². The first-order chi connectivity index (χ1) is 11.7. The summed E-state index contributed by atoms with van der Waals surface area (Å²) in [5.41, 5.74) is 2.75. The Balaban J connectivity index is 1.49. The van der Waals surface area contributed by atoms with E-state index in [2.05, 4.69) is 25.5 Å². The van der Waals surface area contributed by atoms with Crippen molar-refractivity contribution in [2.45, 2.75) is 32.4 Å². The fourth-order valence-corrected chi connectivity index (χ4v) is 2.78. The van der Waals surface area contributed by atoms with Gasteiger partial charge in [-0.3, -0.25) is 9.89 Å². The Hall–Kier alpha value is -2.96. The van der Waals surface area contributed by atoms with E-state index in [1.165, 1.54) is 6.33 Å². The van der Waals surface area contributed by atoms with Crippen molar-refractivity contribution in [1.29, 1.82) is 0 Å². The lowest BCUT2D eigenvalue weighted by molar-refractivity contribution is -0.130. The number of carbonyl (C=O) groups is 1. The highest BCUT2D eigenvalue weighted by molar-refractivity contribution is 5.87. The monoisotopic (exact) mass is 322 g/mol. The second-order valence-electron chi connectivity index (χ2n) is 6.05. The van der Waals surface area contributed by atoms with Crippen LogP contribution in [0.2, 0.25) is 0 Å². The molecule has 0 atom stereocenters.